The van der Waals surface area contributed by atoms with Crippen LogP contribution in [0.1, 0.15) is 11.1 Å². The smallest absolute Gasteiger partial charge is 0.0206 e. The van der Waals surface area contributed by atoms with Gasteiger partial charge in [-0.25, -0.2) is 0 Å². The minimum atomic E-state index is 0.966. The summed E-state index contributed by atoms with van der Waals surface area (Å²) in [6.45, 7) is 11.1. The molecule has 2 aromatic rings. The zero-order chi connectivity index (χ0) is 17.9. The Balaban J connectivity index is 1.20. The van der Waals surface area contributed by atoms with Crippen LogP contribution < -0.4 is 10.6 Å². The lowest BCUT2D eigenvalue weighted by molar-refractivity contribution is 0.133. The van der Waals surface area contributed by atoms with Crippen LogP contribution >= 0.6 is 0 Å². The van der Waals surface area contributed by atoms with Crippen LogP contribution in [0.5, 0.6) is 0 Å². The molecule has 0 atom stereocenters. The molecule has 1 heterocycles. The number of hydrogen-bond donors (Lipinski definition) is 2. The normalized spacial score (nSPS) is 16.0. The number of nitrogens with one attached hydrogen (secondary N) is 2. The maximum absolute atomic E-state index is 3.55. The summed E-state index contributed by atoms with van der Waals surface area (Å²) < 4.78 is 0. The van der Waals surface area contributed by atoms with E-state index in [-0.39, 0.29) is 0 Å². The van der Waals surface area contributed by atoms with Crippen molar-refractivity contribution >= 4 is 0 Å². The largest absolute Gasteiger partial charge is 0.311 e. The molecule has 2 N–H and O–H groups in total. The molecule has 4 nitrogen and oxygen atoms in total. The first-order chi connectivity index (χ1) is 12.9. The van der Waals surface area contributed by atoms with Crippen LogP contribution in [0.2, 0.25) is 0 Å². The Kier molecular flexibility index (Phi) is 8.13. The minimum Gasteiger partial charge on any atom is -0.311 e. The second kappa shape index (κ2) is 11.1. The Bertz CT molecular complexity index is 539. The van der Waals surface area contributed by atoms with Gasteiger partial charge in [-0.2, -0.15) is 0 Å². The molecule has 0 spiro atoms. The molecule has 1 aliphatic heterocycles. The number of rotatable bonds is 10. The first-order valence-electron chi connectivity index (χ1n) is 9.84. The average molecular weight is 353 g/mol. The molecule has 0 saturated carbocycles. The summed E-state index contributed by atoms with van der Waals surface area (Å²) in [5, 5.41) is 7.10. The second-order valence-electron chi connectivity index (χ2n) is 7.01. The monoisotopic (exact) mass is 352 g/mol. The van der Waals surface area contributed by atoms with E-state index in [1.807, 2.05) is 0 Å². The second-order valence-corrected chi connectivity index (χ2v) is 7.01. The third-order valence-corrected chi connectivity index (χ3v) is 5.02. The quantitative estimate of drug-likeness (QED) is 0.642. The third kappa shape index (κ3) is 6.89. The van der Waals surface area contributed by atoms with E-state index in [1.54, 1.807) is 0 Å². The van der Waals surface area contributed by atoms with E-state index in [2.05, 4.69) is 81.1 Å². The molecule has 0 aliphatic carbocycles. The zero-order valence-electron chi connectivity index (χ0n) is 15.7. The molecule has 0 bridgehead atoms. The first kappa shape index (κ1) is 19.1. The van der Waals surface area contributed by atoms with Gasteiger partial charge in [0.15, 0.2) is 0 Å². The van der Waals surface area contributed by atoms with E-state index in [0.29, 0.717) is 0 Å². The summed E-state index contributed by atoms with van der Waals surface area (Å²) in [5.41, 5.74) is 2.72. The van der Waals surface area contributed by atoms with E-state index in [1.165, 1.54) is 37.3 Å². The Morgan fingerprint density at radius 2 is 0.962 bits per heavy atom. The molecular weight excluding hydrogens is 320 g/mol. The van der Waals surface area contributed by atoms with Crippen LogP contribution in [0.25, 0.3) is 0 Å². The van der Waals surface area contributed by atoms with Crippen molar-refractivity contribution in [3.8, 4) is 0 Å². The Labute approximate surface area is 158 Å². The van der Waals surface area contributed by atoms with Gasteiger partial charge in [-0.05, 0) is 11.1 Å². The topological polar surface area (TPSA) is 30.5 Å². The van der Waals surface area contributed by atoms with Gasteiger partial charge in [0, 0.05) is 65.4 Å². The summed E-state index contributed by atoms with van der Waals surface area (Å²) in [5.74, 6) is 0. The van der Waals surface area contributed by atoms with Gasteiger partial charge in [0.25, 0.3) is 0 Å². The van der Waals surface area contributed by atoms with Crippen molar-refractivity contribution < 1.29 is 0 Å². The Hall–Kier alpha value is -1.72. The fourth-order valence-corrected chi connectivity index (χ4v) is 3.37. The highest BCUT2D eigenvalue weighted by Crippen LogP contribution is 2.02. The summed E-state index contributed by atoms with van der Waals surface area (Å²) in [7, 11) is 0. The number of hydrogen-bond acceptors (Lipinski definition) is 4. The van der Waals surface area contributed by atoms with Gasteiger partial charge in [-0.15, -0.1) is 0 Å². The summed E-state index contributed by atoms with van der Waals surface area (Å²) in [6, 6.07) is 21.3. The lowest BCUT2D eigenvalue weighted by Gasteiger charge is -2.34. The predicted octanol–water partition coefficient (Wildman–Crippen LogP) is 2.18. The molecule has 0 radical (unpaired) electrons. The highest BCUT2D eigenvalue weighted by atomic mass is 15.3. The zero-order valence-corrected chi connectivity index (χ0v) is 15.7. The van der Waals surface area contributed by atoms with Crippen LogP contribution in [0.4, 0.5) is 0 Å². The van der Waals surface area contributed by atoms with Crippen molar-refractivity contribution in [2.75, 3.05) is 52.4 Å². The summed E-state index contributed by atoms with van der Waals surface area (Å²) in [4.78, 5) is 5.15. The highest BCUT2D eigenvalue weighted by molar-refractivity contribution is 5.14. The molecule has 1 fully saturated rings. The number of nitrogens with zero attached hydrogens (tertiary/aromatic N) is 2. The van der Waals surface area contributed by atoms with Crippen LogP contribution in [0.15, 0.2) is 60.7 Å². The molecule has 26 heavy (non-hydrogen) atoms. The molecule has 0 unspecified atom stereocenters. The molecule has 1 aliphatic rings. The summed E-state index contributed by atoms with van der Waals surface area (Å²) in [6.07, 6.45) is 0. The van der Waals surface area contributed by atoms with Crippen molar-refractivity contribution in [1.82, 2.24) is 20.4 Å². The fraction of sp³-hybridized carbons (Fsp3) is 0.455. The van der Waals surface area contributed by atoms with Crippen LogP contribution in [0.3, 0.4) is 0 Å². The standard InChI is InChI=1S/C22H32N4/c1-3-7-21(8-4-1)19-23-11-13-25-15-17-26(18-16-25)14-12-24-20-22-9-5-2-6-10-22/h1-10,23-24H,11-20H2. The van der Waals surface area contributed by atoms with Crippen molar-refractivity contribution in [1.29, 1.82) is 0 Å². The number of benzene rings is 2. The Morgan fingerprint density at radius 3 is 1.35 bits per heavy atom. The van der Waals surface area contributed by atoms with Gasteiger partial charge in [-0.1, -0.05) is 60.7 Å². The molecule has 0 aromatic heterocycles. The van der Waals surface area contributed by atoms with Gasteiger partial charge in [0.1, 0.15) is 0 Å². The highest BCUT2D eigenvalue weighted by Gasteiger charge is 2.15. The van der Waals surface area contributed by atoms with Crippen molar-refractivity contribution in [3.63, 3.8) is 0 Å². The predicted molar refractivity (Wildman–Crippen MR) is 109 cm³/mol. The van der Waals surface area contributed by atoms with Gasteiger partial charge < -0.3 is 10.6 Å². The van der Waals surface area contributed by atoms with Crippen molar-refractivity contribution in [2.45, 2.75) is 13.1 Å². The molecule has 4 heteroatoms. The molecule has 0 amide bonds. The van der Waals surface area contributed by atoms with Crippen molar-refractivity contribution in [3.05, 3.63) is 71.8 Å². The van der Waals surface area contributed by atoms with Gasteiger partial charge >= 0.3 is 0 Å². The van der Waals surface area contributed by atoms with Crippen molar-refractivity contribution in [2.24, 2.45) is 0 Å². The van der Waals surface area contributed by atoms with E-state index in [9.17, 15) is 0 Å². The third-order valence-electron chi connectivity index (χ3n) is 5.02. The first-order valence-corrected chi connectivity index (χ1v) is 9.84. The number of piperazine rings is 1. The van der Waals surface area contributed by atoms with Gasteiger partial charge in [0.05, 0.1) is 0 Å². The fourth-order valence-electron chi connectivity index (χ4n) is 3.37. The lowest BCUT2D eigenvalue weighted by Crippen LogP contribution is -2.49. The van der Waals surface area contributed by atoms with Crippen LogP contribution in [-0.2, 0) is 13.1 Å². The van der Waals surface area contributed by atoms with Crippen LogP contribution in [-0.4, -0.2) is 62.2 Å². The van der Waals surface area contributed by atoms with Gasteiger partial charge in [-0.3, -0.25) is 9.80 Å². The SMILES string of the molecule is c1ccc(CNCCN2CCN(CCNCc3ccccc3)CC2)cc1. The molecule has 1 saturated heterocycles. The van der Waals surface area contributed by atoms with Crippen LogP contribution in [0, 0.1) is 0 Å². The van der Waals surface area contributed by atoms with E-state index >= 15 is 0 Å². The molecule has 140 valence electrons. The lowest BCUT2D eigenvalue weighted by atomic mass is 10.2. The minimum absolute atomic E-state index is 0.966. The van der Waals surface area contributed by atoms with E-state index in [4.69, 9.17) is 0 Å². The maximum Gasteiger partial charge on any atom is 0.0206 e. The average Bonchev–Trinajstić information content (AvgIpc) is 2.71. The maximum atomic E-state index is 3.55. The molecular formula is C22H32N4. The summed E-state index contributed by atoms with van der Waals surface area (Å²) >= 11 is 0. The van der Waals surface area contributed by atoms with E-state index < -0.39 is 0 Å². The Morgan fingerprint density at radius 1 is 0.577 bits per heavy atom. The van der Waals surface area contributed by atoms with Gasteiger partial charge in [0.2, 0.25) is 0 Å². The molecule has 3 rings (SSSR count). The van der Waals surface area contributed by atoms with E-state index in [0.717, 1.165) is 39.3 Å². The molecule has 2 aromatic carbocycles.